The lowest BCUT2D eigenvalue weighted by Gasteiger charge is -2.38. The molecule has 1 aliphatic heterocycles. The summed E-state index contributed by atoms with van der Waals surface area (Å²) < 4.78 is 0. The number of nitrogens with one attached hydrogen (secondary N) is 2. The molecule has 0 spiro atoms. The van der Waals surface area contributed by atoms with Crippen molar-refractivity contribution in [2.45, 2.75) is 76.7 Å². The van der Waals surface area contributed by atoms with Gasteiger partial charge in [-0.3, -0.25) is 4.79 Å². The van der Waals surface area contributed by atoms with E-state index < -0.39 is 0 Å². The van der Waals surface area contributed by atoms with Crippen LogP contribution in [0.2, 0.25) is 0 Å². The van der Waals surface area contributed by atoms with Crippen molar-refractivity contribution in [1.29, 1.82) is 0 Å². The SMILES string of the molecule is O=C(CCNC(=S)NC1CCCCC1)N1CCCC2CCCC=C21. The molecule has 1 saturated heterocycles. The Morgan fingerprint density at radius 3 is 2.75 bits per heavy atom. The molecule has 0 bridgehead atoms. The van der Waals surface area contributed by atoms with E-state index in [1.54, 1.807) is 0 Å². The van der Waals surface area contributed by atoms with Gasteiger partial charge in [0, 0.05) is 31.2 Å². The zero-order valence-corrected chi connectivity index (χ0v) is 15.5. The molecule has 3 aliphatic rings. The smallest absolute Gasteiger partial charge is 0.228 e. The van der Waals surface area contributed by atoms with Gasteiger partial charge in [-0.15, -0.1) is 0 Å². The number of piperidine rings is 1. The summed E-state index contributed by atoms with van der Waals surface area (Å²) in [6.45, 7) is 1.53. The van der Waals surface area contributed by atoms with E-state index in [-0.39, 0.29) is 5.91 Å². The maximum atomic E-state index is 12.6. The fourth-order valence-electron chi connectivity index (χ4n) is 4.35. The summed E-state index contributed by atoms with van der Waals surface area (Å²) in [5.41, 5.74) is 1.31. The minimum Gasteiger partial charge on any atom is -0.362 e. The van der Waals surface area contributed by atoms with E-state index in [0.29, 0.717) is 30.0 Å². The summed E-state index contributed by atoms with van der Waals surface area (Å²) >= 11 is 5.38. The standard InChI is InChI=1S/C19H31N3OS/c23-18(22-14-6-8-15-7-4-5-11-17(15)22)12-13-20-19(24)21-16-9-2-1-3-10-16/h11,15-16H,1-10,12-14H2,(H2,20,21,24). The van der Waals surface area contributed by atoms with Crippen LogP contribution in [0, 0.1) is 5.92 Å². The van der Waals surface area contributed by atoms with Crippen molar-refractivity contribution < 1.29 is 4.79 Å². The molecule has 1 atom stereocenters. The molecular weight excluding hydrogens is 318 g/mol. The van der Waals surface area contributed by atoms with Crippen LogP contribution in [-0.4, -0.2) is 35.1 Å². The highest BCUT2D eigenvalue weighted by atomic mass is 32.1. The zero-order valence-electron chi connectivity index (χ0n) is 14.7. The van der Waals surface area contributed by atoms with Gasteiger partial charge in [-0.2, -0.15) is 0 Å². The highest BCUT2D eigenvalue weighted by Gasteiger charge is 2.29. The van der Waals surface area contributed by atoms with Crippen molar-refractivity contribution in [2.24, 2.45) is 5.92 Å². The Balaban J connectivity index is 1.40. The third kappa shape index (κ3) is 4.71. The predicted octanol–water partition coefficient (Wildman–Crippen LogP) is 3.48. The molecule has 4 nitrogen and oxygen atoms in total. The summed E-state index contributed by atoms with van der Waals surface area (Å²) in [6, 6.07) is 0.518. The van der Waals surface area contributed by atoms with Crippen LogP contribution in [0.4, 0.5) is 0 Å². The lowest BCUT2D eigenvalue weighted by Crippen LogP contribution is -2.44. The minimum absolute atomic E-state index is 0.251. The number of carbonyl (C=O) groups is 1. The Morgan fingerprint density at radius 1 is 1.12 bits per heavy atom. The van der Waals surface area contributed by atoms with E-state index in [1.165, 1.54) is 57.1 Å². The van der Waals surface area contributed by atoms with Crippen LogP contribution < -0.4 is 10.6 Å². The third-order valence-electron chi connectivity index (χ3n) is 5.64. The van der Waals surface area contributed by atoms with Crippen molar-refractivity contribution in [3.05, 3.63) is 11.8 Å². The Bertz CT molecular complexity index is 485. The normalized spacial score (nSPS) is 24.8. The molecule has 24 heavy (non-hydrogen) atoms. The Kier molecular flexibility index (Phi) is 6.52. The van der Waals surface area contributed by atoms with Crippen molar-refractivity contribution in [2.75, 3.05) is 13.1 Å². The minimum atomic E-state index is 0.251. The highest BCUT2D eigenvalue weighted by Crippen LogP contribution is 2.35. The van der Waals surface area contributed by atoms with Gasteiger partial charge in [0.05, 0.1) is 0 Å². The van der Waals surface area contributed by atoms with Gasteiger partial charge in [0.1, 0.15) is 0 Å². The number of nitrogens with zero attached hydrogens (tertiary/aromatic N) is 1. The molecule has 1 saturated carbocycles. The Labute approximate surface area is 151 Å². The van der Waals surface area contributed by atoms with Crippen molar-refractivity contribution in [1.82, 2.24) is 15.5 Å². The van der Waals surface area contributed by atoms with Crippen LogP contribution in [0.25, 0.3) is 0 Å². The topological polar surface area (TPSA) is 44.4 Å². The van der Waals surface area contributed by atoms with E-state index in [2.05, 4.69) is 16.7 Å². The first-order valence-electron chi connectivity index (χ1n) is 9.79. The van der Waals surface area contributed by atoms with Gasteiger partial charge in [-0.1, -0.05) is 25.3 Å². The van der Waals surface area contributed by atoms with Gasteiger partial charge in [0.15, 0.2) is 5.11 Å². The van der Waals surface area contributed by atoms with Gasteiger partial charge in [-0.25, -0.2) is 0 Å². The number of hydrogen-bond donors (Lipinski definition) is 2. The number of thiocarbonyl (C=S) groups is 1. The largest absolute Gasteiger partial charge is 0.362 e. The molecule has 5 heteroatoms. The second-order valence-corrected chi connectivity index (χ2v) is 7.84. The monoisotopic (exact) mass is 349 g/mol. The molecule has 3 rings (SSSR count). The average molecular weight is 350 g/mol. The summed E-state index contributed by atoms with van der Waals surface area (Å²) in [5.74, 6) is 0.874. The van der Waals surface area contributed by atoms with Crippen LogP contribution in [-0.2, 0) is 4.79 Å². The predicted molar refractivity (Wildman–Crippen MR) is 102 cm³/mol. The average Bonchev–Trinajstić information content (AvgIpc) is 2.62. The second-order valence-electron chi connectivity index (χ2n) is 7.43. The first kappa shape index (κ1) is 17.7. The molecule has 134 valence electrons. The van der Waals surface area contributed by atoms with Crippen LogP contribution in [0.3, 0.4) is 0 Å². The number of amides is 1. The molecule has 0 aromatic carbocycles. The first-order chi connectivity index (χ1) is 11.7. The van der Waals surface area contributed by atoms with Gasteiger partial charge in [-0.05, 0) is 63.1 Å². The Morgan fingerprint density at radius 2 is 1.92 bits per heavy atom. The molecule has 0 aromatic rings. The molecule has 2 N–H and O–H groups in total. The summed E-state index contributed by atoms with van der Waals surface area (Å²) in [6.07, 6.45) is 15.2. The lowest BCUT2D eigenvalue weighted by molar-refractivity contribution is -0.130. The molecule has 2 aliphatic carbocycles. The number of allylic oxidation sites excluding steroid dienone is 2. The number of fused-ring (bicyclic) bond motifs is 1. The fraction of sp³-hybridized carbons (Fsp3) is 0.789. The quantitative estimate of drug-likeness (QED) is 0.763. The third-order valence-corrected chi connectivity index (χ3v) is 5.90. The number of hydrogen-bond acceptors (Lipinski definition) is 2. The zero-order chi connectivity index (χ0) is 16.8. The fourth-order valence-corrected chi connectivity index (χ4v) is 4.62. The lowest BCUT2D eigenvalue weighted by atomic mass is 9.85. The van der Waals surface area contributed by atoms with Crippen LogP contribution >= 0.6 is 12.2 Å². The van der Waals surface area contributed by atoms with Gasteiger partial charge in [0.25, 0.3) is 0 Å². The van der Waals surface area contributed by atoms with Crippen molar-refractivity contribution in [3.8, 4) is 0 Å². The first-order valence-corrected chi connectivity index (χ1v) is 10.2. The van der Waals surface area contributed by atoms with Gasteiger partial charge >= 0.3 is 0 Å². The number of carbonyl (C=O) groups excluding carboxylic acids is 1. The van der Waals surface area contributed by atoms with E-state index >= 15 is 0 Å². The summed E-state index contributed by atoms with van der Waals surface area (Å²) in [4.78, 5) is 14.7. The second kappa shape index (κ2) is 8.84. The maximum Gasteiger partial charge on any atom is 0.228 e. The molecule has 0 radical (unpaired) electrons. The maximum absolute atomic E-state index is 12.6. The molecule has 1 amide bonds. The van der Waals surface area contributed by atoms with E-state index in [1.807, 2.05) is 4.90 Å². The van der Waals surface area contributed by atoms with E-state index in [9.17, 15) is 4.79 Å². The van der Waals surface area contributed by atoms with Crippen LogP contribution in [0.1, 0.15) is 70.6 Å². The number of likely N-dealkylation sites (tertiary alicyclic amines) is 1. The van der Waals surface area contributed by atoms with Gasteiger partial charge in [0.2, 0.25) is 5.91 Å². The molecule has 1 unspecified atom stereocenters. The van der Waals surface area contributed by atoms with E-state index in [4.69, 9.17) is 12.2 Å². The Hall–Kier alpha value is -1.10. The van der Waals surface area contributed by atoms with Crippen molar-refractivity contribution in [3.63, 3.8) is 0 Å². The van der Waals surface area contributed by atoms with Crippen LogP contribution in [0.15, 0.2) is 11.8 Å². The summed E-state index contributed by atoms with van der Waals surface area (Å²) in [5, 5.41) is 7.34. The van der Waals surface area contributed by atoms with Crippen molar-refractivity contribution >= 4 is 23.2 Å². The van der Waals surface area contributed by atoms with Gasteiger partial charge < -0.3 is 15.5 Å². The number of rotatable bonds is 4. The molecule has 1 heterocycles. The highest BCUT2D eigenvalue weighted by molar-refractivity contribution is 7.80. The molecule has 2 fully saturated rings. The molecule has 0 aromatic heterocycles. The van der Waals surface area contributed by atoms with Crippen LogP contribution in [0.5, 0.6) is 0 Å². The van der Waals surface area contributed by atoms with E-state index in [0.717, 1.165) is 19.4 Å². The molecular formula is C19H31N3OS. The summed E-state index contributed by atoms with van der Waals surface area (Å²) in [7, 11) is 0.